The van der Waals surface area contributed by atoms with Crippen LogP contribution in [0.4, 0.5) is 5.82 Å². The van der Waals surface area contributed by atoms with Gasteiger partial charge in [0, 0.05) is 34.4 Å². The van der Waals surface area contributed by atoms with Crippen molar-refractivity contribution >= 4 is 35.0 Å². The van der Waals surface area contributed by atoms with Gasteiger partial charge in [0.25, 0.3) is 5.56 Å². The van der Waals surface area contributed by atoms with E-state index in [1.54, 1.807) is 6.07 Å². The predicted molar refractivity (Wildman–Crippen MR) is 128 cm³/mol. The van der Waals surface area contributed by atoms with Crippen LogP contribution in [0.5, 0.6) is 0 Å². The fourth-order valence-corrected chi connectivity index (χ4v) is 5.38. The van der Waals surface area contributed by atoms with Gasteiger partial charge in [0.15, 0.2) is 10.9 Å². The van der Waals surface area contributed by atoms with Crippen LogP contribution in [-0.2, 0) is 10.5 Å². The van der Waals surface area contributed by atoms with Crippen molar-refractivity contribution in [1.29, 1.82) is 0 Å². The highest BCUT2D eigenvalue weighted by Crippen LogP contribution is 2.43. The summed E-state index contributed by atoms with van der Waals surface area (Å²) >= 11 is 7.74. The number of ketones is 1. The Balaban J connectivity index is 1.55. The number of aromatic amines is 1. The Kier molecular flexibility index (Phi) is 5.66. The minimum Gasteiger partial charge on any atom is -0.343 e. The summed E-state index contributed by atoms with van der Waals surface area (Å²) in [4.78, 5) is 33.8. The number of carbonyl (C=O) groups is 1. The topological polar surface area (TPSA) is 74.8 Å². The van der Waals surface area contributed by atoms with Crippen LogP contribution in [0.25, 0.3) is 0 Å². The summed E-state index contributed by atoms with van der Waals surface area (Å²) in [6, 6.07) is 15.7. The first-order valence-electron chi connectivity index (χ1n) is 10.6. The smallest absolute Gasteiger partial charge is 0.257 e. The van der Waals surface area contributed by atoms with Crippen LogP contribution < -0.4 is 10.9 Å². The lowest BCUT2D eigenvalue weighted by Gasteiger charge is -2.32. The third-order valence-electron chi connectivity index (χ3n) is 5.91. The number of rotatable bonds is 4. The number of anilines is 1. The van der Waals surface area contributed by atoms with Crippen LogP contribution in [0.2, 0.25) is 5.02 Å². The number of benzene rings is 2. The first kappa shape index (κ1) is 21.0. The van der Waals surface area contributed by atoms with Crippen LogP contribution in [0.3, 0.4) is 0 Å². The van der Waals surface area contributed by atoms with E-state index in [4.69, 9.17) is 16.6 Å². The zero-order valence-electron chi connectivity index (χ0n) is 17.6. The highest BCUT2D eigenvalue weighted by molar-refractivity contribution is 7.98. The Morgan fingerprint density at radius 1 is 1.12 bits per heavy atom. The maximum atomic E-state index is 13.3. The quantitative estimate of drug-likeness (QED) is 0.389. The molecule has 1 aromatic heterocycles. The summed E-state index contributed by atoms with van der Waals surface area (Å²) in [6.45, 7) is 2.06. The van der Waals surface area contributed by atoms with Gasteiger partial charge < -0.3 is 10.3 Å². The molecule has 1 unspecified atom stereocenters. The lowest BCUT2D eigenvalue weighted by molar-refractivity contribution is -0.116. The Hall–Kier alpha value is -2.83. The zero-order valence-corrected chi connectivity index (χ0v) is 19.1. The first-order chi connectivity index (χ1) is 15.5. The predicted octanol–water partition coefficient (Wildman–Crippen LogP) is 5.59. The van der Waals surface area contributed by atoms with E-state index < -0.39 is 5.92 Å². The molecule has 162 valence electrons. The maximum absolute atomic E-state index is 13.3. The minimum atomic E-state index is -0.472. The van der Waals surface area contributed by atoms with Crippen molar-refractivity contribution in [2.45, 2.75) is 43.0 Å². The molecular weight excluding hydrogens is 442 g/mol. The van der Waals surface area contributed by atoms with Crippen LogP contribution in [0, 0.1) is 6.92 Å². The molecule has 0 bridgehead atoms. The number of fused-ring (bicyclic) bond motifs is 1. The Morgan fingerprint density at radius 3 is 2.72 bits per heavy atom. The molecule has 7 heteroatoms. The van der Waals surface area contributed by atoms with Crippen molar-refractivity contribution < 1.29 is 4.79 Å². The highest BCUT2D eigenvalue weighted by Gasteiger charge is 2.37. The lowest BCUT2D eigenvalue weighted by Crippen LogP contribution is -2.32. The average molecular weight is 464 g/mol. The fourth-order valence-electron chi connectivity index (χ4n) is 4.36. The highest BCUT2D eigenvalue weighted by atomic mass is 35.5. The Labute approximate surface area is 195 Å². The van der Waals surface area contributed by atoms with Gasteiger partial charge in [-0.25, -0.2) is 4.98 Å². The summed E-state index contributed by atoms with van der Waals surface area (Å²) < 4.78 is 0. The second kappa shape index (κ2) is 8.60. The molecule has 0 radical (unpaired) electrons. The van der Waals surface area contributed by atoms with Crippen molar-refractivity contribution in [3.8, 4) is 0 Å². The SMILES string of the molecule is Cc1ccc(CSc2nc3c(c(=O)[nH]2)C(c2cccc(Cl)c2)C2=C(CCCC2=O)N3)cc1. The summed E-state index contributed by atoms with van der Waals surface area (Å²) in [7, 11) is 0. The van der Waals surface area contributed by atoms with Crippen molar-refractivity contribution in [1.82, 2.24) is 9.97 Å². The van der Waals surface area contributed by atoms with E-state index in [1.165, 1.54) is 17.3 Å². The van der Waals surface area contributed by atoms with Crippen LogP contribution >= 0.6 is 23.4 Å². The summed E-state index contributed by atoms with van der Waals surface area (Å²) in [5.41, 5.74) is 4.97. The van der Waals surface area contributed by atoms with Gasteiger partial charge in [-0.3, -0.25) is 9.59 Å². The number of nitrogens with zero attached hydrogens (tertiary/aromatic N) is 1. The molecule has 0 spiro atoms. The number of aryl methyl sites for hydroxylation is 1. The van der Waals surface area contributed by atoms with Gasteiger partial charge in [-0.15, -0.1) is 0 Å². The van der Waals surface area contributed by atoms with E-state index >= 15 is 0 Å². The molecule has 3 aromatic rings. The van der Waals surface area contributed by atoms with Gasteiger partial charge in [0.05, 0.1) is 5.56 Å². The third-order valence-corrected chi connectivity index (χ3v) is 7.09. The molecule has 0 fully saturated rings. The van der Waals surface area contributed by atoms with Gasteiger partial charge in [-0.1, -0.05) is 65.3 Å². The van der Waals surface area contributed by atoms with Crippen molar-refractivity contribution in [3.05, 3.63) is 97.4 Å². The normalized spacial score (nSPS) is 17.6. The van der Waals surface area contributed by atoms with E-state index in [0.29, 0.717) is 39.3 Å². The molecule has 5 rings (SSSR count). The molecule has 0 amide bonds. The number of H-pyrrole nitrogens is 1. The van der Waals surface area contributed by atoms with Gasteiger partial charge in [-0.2, -0.15) is 0 Å². The van der Waals surface area contributed by atoms with Crippen LogP contribution in [-0.4, -0.2) is 15.8 Å². The van der Waals surface area contributed by atoms with Crippen molar-refractivity contribution in [2.24, 2.45) is 0 Å². The van der Waals surface area contributed by atoms with Gasteiger partial charge in [0.2, 0.25) is 0 Å². The molecule has 5 nitrogen and oxygen atoms in total. The Bertz CT molecular complexity index is 1300. The van der Waals surface area contributed by atoms with Gasteiger partial charge in [-0.05, 0) is 43.0 Å². The maximum Gasteiger partial charge on any atom is 0.257 e. The molecule has 1 atom stereocenters. The number of Topliss-reactive ketones (excluding diaryl/α,β-unsaturated/α-hetero) is 1. The number of nitrogens with one attached hydrogen (secondary N) is 2. The van der Waals surface area contributed by atoms with E-state index in [9.17, 15) is 9.59 Å². The second-order valence-corrected chi connectivity index (χ2v) is 9.59. The van der Waals surface area contributed by atoms with Gasteiger partial charge >= 0.3 is 0 Å². The molecule has 32 heavy (non-hydrogen) atoms. The molecule has 0 saturated heterocycles. The zero-order chi connectivity index (χ0) is 22.2. The largest absolute Gasteiger partial charge is 0.343 e. The minimum absolute atomic E-state index is 0.0756. The number of halogens is 1. The summed E-state index contributed by atoms with van der Waals surface area (Å²) in [5, 5.41) is 4.44. The molecule has 1 aliphatic carbocycles. The van der Waals surface area contributed by atoms with Crippen molar-refractivity contribution in [2.75, 3.05) is 5.32 Å². The molecule has 1 aliphatic heterocycles. The number of hydrogen-bond donors (Lipinski definition) is 2. The number of allylic oxidation sites excluding steroid dienone is 2. The third kappa shape index (κ3) is 4.00. The van der Waals surface area contributed by atoms with E-state index in [0.717, 1.165) is 29.7 Å². The molecule has 0 saturated carbocycles. The molecule has 2 aliphatic rings. The summed E-state index contributed by atoms with van der Waals surface area (Å²) in [6.07, 6.45) is 2.04. The number of thioether (sulfide) groups is 1. The van der Waals surface area contributed by atoms with E-state index in [1.807, 2.05) is 18.2 Å². The average Bonchev–Trinajstić information content (AvgIpc) is 2.77. The molecule has 2 heterocycles. The number of aromatic nitrogens is 2. The standard InChI is InChI=1S/C25H22ClN3O2S/c1-14-8-10-15(11-9-14)13-32-25-28-23-22(24(31)29-25)20(16-4-2-5-17(26)12-16)21-18(27-23)6-3-7-19(21)30/h2,4-5,8-12,20H,3,6-7,13H2,1H3,(H2,27,28,29,31). The molecule has 2 aromatic carbocycles. The summed E-state index contributed by atoms with van der Waals surface area (Å²) in [5.74, 6) is 0.830. The lowest BCUT2D eigenvalue weighted by atomic mass is 9.76. The van der Waals surface area contributed by atoms with Crippen LogP contribution in [0.1, 0.15) is 47.4 Å². The van der Waals surface area contributed by atoms with Gasteiger partial charge in [0.1, 0.15) is 5.82 Å². The van der Waals surface area contributed by atoms with Crippen LogP contribution in [0.15, 0.2) is 69.8 Å². The van der Waals surface area contributed by atoms with Crippen molar-refractivity contribution in [3.63, 3.8) is 0 Å². The number of hydrogen-bond acceptors (Lipinski definition) is 5. The molecular formula is C25H22ClN3O2S. The Morgan fingerprint density at radius 2 is 1.94 bits per heavy atom. The van der Waals surface area contributed by atoms with E-state index in [-0.39, 0.29) is 11.3 Å². The fraction of sp³-hybridized carbons (Fsp3) is 0.240. The second-order valence-electron chi connectivity index (χ2n) is 8.19. The monoisotopic (exact) mass is 463 g/mol. The number of carbonyl (C=O) groups excluding carboxylic acids is 1. The molecule has 2 N–H and O–H groups in total. The van der Waals surface area contributed by atoms with E-state index in [2.05, 4.69) is 41.5 Å². The first-order valence-corrected chi connectivity index (χ1v) is 12.0.